The average Bonchev–Trinajstić information content (AvgIpc) is 1.63. The molecule has 0 spiro atoms. The Kier molecular flexibility index (Phi) is 0.598. The molecule has 0 aromatic rings. The second-order valence-electron chi connectivity index (χ2n) is 2.57. The van der Waals surface area contributed by atoms with Crippen LogP contribution >= 0.6 is 0 Å². The average molecular weight is 106 g/mol. The molecule has 0 nitrogen and oxygen atoms in total. The Morgan fingerprint density at radius 2 is 1.29 bits per heavy atom. The maximum Gasteiger partial charge on any atom is 0.145 e. The highest BCUT2D eigenvalue weighted by atomic mass is 19.2. The Morgan fingerprint density at radius 3 is 1.29 bits per heavy atom. The summed E-state index contributed by atoms with van der Waals surface area (Å²) in [6, 6.07) is 0. The van der Waals surface area contributed by atoms with Crippen LogP contribution in [0.25, 0.3) is 0 Å². The third kappa shape index (κ3) is 0.528. The van der Waals surface area contributed by atoms with E-state index in [0.29, 0.717) is 0 Å². The summed E-state index contributed by atoms with van der Waals surface area (Å²) in [5, 5.41) is 0. The molecule has 0 aromatic heterocycles. The largest absolute Gasteiger partial charge is 0.241 e. The van der Waals surface area contributed by atoms with E-state index in [1.807, 2.05) is 0 Å². The number of halogens is 2. The van der Waals surface area contributed by atoms with Crippen molar-refractivity contribution in [2.45, 2.75) is 31.6 Å². The van der Waals surface area contributed by atoms with E-state index < -0.39 is 11.3 Å². The summed E-state index contributed by atoms with van der Waals surface area (Å²) in [7, 11) is 0. The molecule has 0 N–H and O–H groups in total. The van der Waals surface area contributed by atoms with Gasteiger partial charge in [-0.15, -0.1) is 0 Å². The molecule has 0 radical (unpaired) electrons. The zero-order chi connectivity index (χ0) is 5.71. The highest BCUT2D eigenvalue weighted by Gasteiger charge is 2.64. The zero-order valence-electron chi connectivity index (χ0n) is 4.46. The quantitative estimate of drug-likeness (QED) is 0.442. The number of alkyl halides is 2. The first-order valence-corrected chi connectivity index (χ1v) is 2.34. The molecule has 1 aliphatic rings. The van der Waals surface area contributed by atoms with E-state index in [4.69, 9.17) is 0 Å². The molecule has 7 heavy (non-hydrogen) atoms. The fourth-order valence-electron chi connectivity index (χ4n) is 0.579. The Bertz CT molecular complexity index is 82.3. The molecule has 0 bridgehead atoms. The minimum atomic E-state index is -1.52. The van der Waals surface area contributed by atoms with Gasteiger partial charge in [0.2, 0.25) is 0 Å². The molecule has 0 heterocycles. The predicted octanol–water partition coefficient (Wildman–Crippen LogP) is 1.85. The lowest BCUT2D eigenvalue weighted by Gasteiger charge is -1.96. The van der Waals surface area contributed by atoms with Gasteiger partial charge in [-0.1, -0.05) is 0 Å². The van der Waals surface area contributed by atoms with Crippen LogP contribution in [0.2, 0.25) is 0 Å². The van der Waals surface area contributed by atoms with Gasteiger partial charge in [0.05, 0.1) is 0 Å². The van der Waals surface area contributed by atoms with Gasteiger partial charge >= 0.3 is 0 Å². The Hall–Kier alpha value is -0.140. The van der Waals surface area contributed by atoms with E-state index in [1.54, 1.807) is 0 Å². The summed E-state index contributed by atoms with van der Waals surface area (Å²) >= 11 is 0. The van der Waals surface area contributed by atoms with Crippen LogP contribution in [0.4, 0.5) is 8.78 Å². The molecule has 42 valence electrons. The van der Waals surface area contributed by atoms with Crippen LogP contribution in [-0.2, 0) is 0 Å². The van der Waals surface area contributed by atoms with Gasteiger partial charge in [0.25, 0.3) is 0 Å². The molecule has 2 unspecified atom stereocenters. The van der Waals surface area contributed by atoms with E-state index in [1.165, 1.54) is 13.8 Å². The van der Waals surface area contributed by atoms with Gasteiger partial charge in [-0.25, -0.2) is 8.78 Å². The SMILES string of the molecule is CC1(F)CC1(C)F. The van der Waals surface area contributed by atoms with E-state index in [9.17, 15) is 8.78 Å². The molecule has 2 atom stereocenters. The van der Waals surface area contributed by atoms with Gasteiger partial charge in [-0.3, -0.25) is 0 Å². The summed E-state index contributed by atoms with van der Waals surface area (Å²) in [4.78, 5) is 0. The predicted molar refractivity (Wildman–Crippen MR) is 23.6 cm³/mol. The number of hydrogen-bond donors (Lipinski definition) is 0. The first-order chi connectivity index (χ1) is 2.96. The van der Waals surface area contributed by atoms with Crippen LogP contribution in [0.15, 0.2) is 0 Å². The van der Waals surface area contributed by atoms with E-state index in [-0.39, 0.29) is 6.42 Å². The summed E-state index contributed by atoms with van der Waals surface area (Å²) in [6.45, 7) is 2.57. The molecule has 1 saturated carbocycles. The first kappa shape index (κ1) is 5.01. The van der Waals surface area contributed by atoms with Crippen molar-refractivity contribution in [3.05, 3.63) is 0 Å². The van der Waals surface area contributed by atoms with Crippen LogP contribution in [0.5, 0.6) is 0 Å². The van der Waals surface area contributed by atoms with Gasteiger partial charge in [0, 0.05) is 6.42 Å². The third-order valence-corrected chi connectivity index (χ3v) is 1.63. The highest BCUT2D eigenvalue weighted by molar-refractivity contribution is 5.13. The summed E-state index contributed by atoms with van der Waals surface area (Å²) in [6.07, 6.45) is 0.0694. The monoisotopic (exact) mass is 106 g/mol. The molecule has 1 rings (SSSR count). The lowest BCUT2D eigenvalue weighted by molar-refractivity contribution is 0.199. The van der Waals surface area contributed by atoms with Crippen molar-refractivity contribution in [1.82, 2.24) is 0 Å². The topological polar surface area (TPSA) is 0 Å². The Labute approximate surface area is 41.5 Å². The molecular formula is C5H8F2. The van der Waals surface area contributed by atoms with Crippen molar-refractivity contribution < 1.29 is 8.78 Å². The van der Waals surface area contributed by atoms with E-state index in [2.05, 4.69) is 0 Å². The first-order valence-electron chi connectivity index (χ1n) is 2.34. The highest BCUT2D eigenvalue weighted by Crippen LogP contribution is 2.53. The normalized spacial score (nSPS) is 60.0. The molecular weight excluding hydrogens is 98.1 g/mol. The maximum absolute atomic E-state index is 12.2. The summed E-state index contributed by atoms with van der Waals surface area (Å²) < 4.78 is 24.4. The summed E-state index contributed by atoms with van der Waals surface area (Å²) in [5.41, 5.74) is -3.04. The van der Waals surface area contributed by atoms with Crippen LogP contribution < -0.4 is 0 Å². The maximum atomic E-state index is 12.2. The molecule has 0 aromatic carbocycles. The van der Waals surface area contributed by atoms with Crippen LogP contribution in [0.1, 0.15) is 20.3 Å². The van der Waals surface area contributed by atoms with Crippen molar-refractivity contribution in [3.63, 3.8) is 0 Å². The van der Waals surface area contributed by atoms with Crippen molar-refractivity contribution in [2.24, 2.45) is 0 Å². The molecule has 0 saturated heterocycles. The van der Waals surface area contributed by atoms with Gasteiger partial charge in [-0.2, -0.15) is 0 Å². The second kappa shape index (κ2) is 0.837. The van der Waals surface area contributed by atoms with Gasteiger partial charge in [0.15, 0.2) is 0 Å². The smallest absolute Gasteiger partial charge is 0.145 e. The van der Waals surface area contributed by atoms with Gasteiger partial charge < -0.3 is 0 Å². The fourth-order valence-corrected chi connectivity index (χ4v) is 0.579. The van der Waals surface area contributed by atoms with Crippen molar-refractivity contribution in [3.8, 4) is 0 Å². The van der Waals surface area contributed by atoms with Crippen LogP contribution in [0, 0.1) is 0 Å². The molecule has 0 aliphatic heterocycles. The van der Waals surface area contributed by atoms with Crippen molar-refractivity contribution in [2.75, 3.05) is 0 Å². The number of hydrogen-bond acceptors (Lipinski definition) is 0. The van der Waals surface area contributed by atoms with E-state index in [0.717, 1.165) is 0 Å². The van der Waals surface area contributed by atoms with Crippen molar-refractivity contribution in [1.29, 1.82) is 0 Å². The molecule has 1 fully saturated rings. The Morgan fingerprint density at radius 1 is 1.14 bits per heavy atom. The van der Waals surface area contributed by atoms with Gasteiger partial charge in [-0.05, 0) is 13.8 Å². The zero-order valence-corrected chi connectivity index (χ0v) is 4.46. The lowest BCUT2D eigenvalue weighted by Crippen LogP contribution is -2.06. The third-order valence-electron chi connectivity index (χ3n) is 1.63. The molecule has 2 heteroatoms. The van der Waals surface area contributed by atoms with Crippen LogP contribution in [-0.4, -0.2) is 11.3 Å². The lowest BCUT2D eigenvalue weighted by atomic mass is 10.3. The fraction of sp³-hybridized carbons (Fsp3) is 1.00. The standard InChI is InChI=1S/C5H8F2/c1-4(6)3-5(4,2)7/h3H2,1-2H3. The van der Waals surface area contributed by atoms with Crippen LogP contribution in [0.3, 0.4) is 0 Å². The van der Waals surface area contributed by atoms with Gasteiger partial charge in [0.1, 0.15) is 11.3 Å². The molecule has 0 amide bonds. The van der Waals surface area contributed by atoms with Crippen molar-refractivity contribution >= 4 is 0 Å². The second-order valence-corrected chi connectivity index (χ2v) is 2.57. The summed E-state index contributed by atoms with van der Waals surface area (Å²) in [5.74, 6) is 0. The molecule has 1 aliphatic carbocycles. The van der Waals surface area contributed by atoms with E-state index >= 15 is 0 Å². The minimum absolute atomic E-state index is 0.0694. The Balaban J connectivity index is 2.59. The minimum Gasteiger partial charge on any atom is -0.241 e. The number of rotatable bonds is 0.